The molecule has 0 saturated carbocycles. The summed E-state index contributed by atoms with van der Waals surface area (Å²) in [6.45, 7) is -0.0249. The number of hydrogen-bond donors (Lipinski definition) is 1. The van der Waals surface area contributed by atoms with Crippen molar-refractivity contribution in [3.05, 3.63) is 106 Å². The van der Waals surface area contributed by atoms with Crippen LogP contribution in [0, 0.1) is 0 Å². The van der Waals surface area contributed by atoms with E-state index in [-0.39, 0.29) is 12.2 Å². The number of nitrogens with one attached hydrogen (secondary N) is 1. The third-order valence-electron chi connectivity index (χ3n) is 5.31. The van der Waals surface area contributed by atoms with Gasteiger partial charge in [0.1, 0.15) is 0 Å². The van der Waals surface area contributed by atoms with Crippen LogP contribution in [0.1, 0.15) is 11.1 Å². The summed E-state index contributed by atoms with van der Waals surface area (Å²) in [5, 5.41) is 12.6. The van der Waals surface area contributed by atoms with Crippen LogP contribution in [0.15, 0.2) is 84.0 Å². The summed E-state index contributed by atoms with van der Waals surface area (Å²) in [7, 11) is 0. The second-order valence-corrected chi connectivity index (χ2v) is 8.11. The minimum absolute atomic E-state index is 0.0249. The number of hydrogen-bond acceptors (Lipinski definition) is 5. The van der Waals surface area contributed by atoms with Crippen LogP contribution in [0.4, 0.5) is 24.5 Å². The van der Waals surface area contributed by atoms with Crippen LogP contribution in [0.3, 0.4) is 0 Å². The van der Waals surface area contributed by atoms with E-state index in [4.69, 9.17) is 11.6 Å². The van der Waals surface area contributed by atoms with Crippen molar-refractivity contribution in [2.24, 2.45) is 0 Å². The predicted octanol–water partition coefficient (Wildman–Crippen LogP) is 5.42. The van der Waals surface area contributed by atoms with Crippen LogP contribution in [0.5, 0.6) is 0 Å². The molecule has 5 aromatic rings. The lowest BCUT2D eigenvalue weighted by Crippen LogP contribution is -2.23. The van der Waals surface area contributed by atoms with Crippen molar-refractivity contribution in [2.45, 2.75) is 12.7 Å². The average Bonchev–Trinajstić information content (AvgIpc) is 3.16. The van der Waals surface area contributed by atoms with Crippen LogP contribution in [0.2, 0.25) is 5.02 Å². The normalized spacial score (nSPS) is 11.7. The monoisotopic (exact) mass is 496 g/mol. The van der Waals surface area contributed by atoms with Crippen LogP contribution in [-0.2, 0) is 12.7 Å². The van der Waals surface area contributed by atoms with Crippen molar-refractivity contribution < 1.29 is 13.2 Å². The minimum Gasteiger partial charge on any atom is -0.351 e. The van der Waals surface area contributed by atoms with Crippen molar-refractivity contribution in [3.8, 4) is 11.1 Å². The van der Waals surface area contributed by atoms with Crippen molar-refractivity contribution in [1.29, 1.82) is 0 Å². The molecule has 2 aromatic carbocycles. The topological polar surface area (TPSA) is 77.1 Å². The Morgan fingerprint density at radius 1 is 0.971 bits per heavy atom. The number of rotatable bonds is 5. The van der Waals surface area contributed by atoms with Crippen LogP contribution in [0.25, 0.3) is 16.8 Å². The van der Waals surface area contributed by atoms with Gasteiger partial charge in [-0.25, -0.2) is 9.48 Å². The first-order valence-electron chi connectivity index (χ1n) is 10.4. The van der Waals surface area contributed by atoms with Crippen molar-refractivity contribution >= 4 is 28.6 Å². The lowest BCUT2D eigenvalue weighted by atomic mass is 10.1. The highest BCUT2D eigenvalue weighted by atomic mass is 35.5. The number of benzene rings is 2. The maximum atomic E-state index is 13.0. The Morgan fingerprint density at radius 3 is 2.37 bits per heavy atom. The molecule has 0 spiro atoms. The summed E-state index contributed by atoms with van der Waals surface area (Å²) >= 11 is 6.04. The molecule has 0 radical (unpaired) electrons. The third kappa shape index (κ3) is 4.60. The molecular weight excluding hydrogens is 481 g/mol. The Balaban J connectivity index is 1.60. The molecule has 0 aliphatic heterocycles. The zero-order chi connectivity index (χ0) is 24.6. The molecule has 3 heterocycles. The van der Waals surface area contributed by atoms with E-state index < -0.39 is 17.4 Å². The summed E-state index contributed by atoms with van der Waals surface area (Å²) in [6, 6.07) is 15.3. The number of anilines is 2. The maximum Gasteiger partial charge on any atom is 0.416 e. The first-order valence-corrected chi connectivity index (χ1v) is 10.8. The quantitative estimate of drug-likeness (QED) is 0.352. The van der Waals surface area contributed by atoms with Gasteiger partial charge in [-0.05, 0) is 47.5 Å². The Kier molecular flexibility index (Phi) is 5.73. The SMILES string of the molecule is O=c1n(Cc2ccc(C(F)(F)F)cc2)nc2c(Nc3cccnc3)c(-c3ccc(Cl)cc3)cnn12. The Morgan fingerprint density at radius 2 is 1.71 bits per heavy atom. The van der Waals surface area contributed by atoms with Gasteiger partial charge in [0.25, 0.3) is 0 Å². The van der Waals surface area contributed by atoms with E-state index in [0.29, 0.717) is 27.5 Å². The van der Waals surface area contributed by atoms with Crippen LogP contribution >= 0.6 is 11.6 Å². The molecule has 11 heteroatoms. The number of pyridine rings is 1. The molecule has 5 rings (SSSR count). The predicted molar refractivity (Wildman–Crippen MR) is 126 cm³/mol. The number of nitrogens with zero attached hydrogens (tertiary/aromatic N) is 5. The highest BCUT2D eigenvalue weighted by Gasteiger charge is 2.30. The number of fused-ring (bicyclic) bond motifs is 1. The summed E-state index contributed by atoms with van der Waals surface area (Å²) < 4.78 is 40.9. The Bertz CT molecular complexity index is 1550. The van der Waals surface area contributed by atoms with E-state index in [1.807, 2.05) is 18.2 Å². The summed E-state index contributed by atoms with van der Waals surface area (Å²) in [5.41, 5.74) is 2.09. The van der Waals surface area contributed by atoms with Gasteiger partial charge in [-0.1, -0.05) is 35.9 Å². The van der Waals surface area contributed by atoms with Crippen LogP contribution < -0.4 is 11.0 Å². The number of aromatic nitrogens is 5. The molecule has 35 heavy (non-hydrogen) atoms. The Labute approximate surface area is 201 Å². The second-order valence-electron chi connectivity index (χ2n) is 7.68. The minimum atomic E-state index is -4.44. The zero-order valence-corrected chi connectivity index (χ0v) is 18.6. The van der Waals surface area contributed by atoms with E-state index in [0.717, 1.165) is 26.9 Å². The first kappa shape index (κ1) is 22.6. The summed E-state index contributed by atoms with van der Waals surface area (Å²) in [6.07, 6.45) is 0.365. The van der Waals surface area contributed by atoms with Crippen LogP contribution in [-0.4, -0.2) is 24.4 Å². The lowest BCUT2D eigenvalue weighted by molar-refractivity contribution is -0.137. The van der Waals surface area contributed by atoms with Gasteiger partial charge >= 0.3 is 11.9 Å². The molecule has 1 N–H and O–H groups in total. The van der Waals surface area contributed by atoms with Crippen molar-refractivity contribution in [1.82, 2.24) is 24.4 Å². The molecule has 0 unspecified atom stereocenters. The van der Waals surface area contributed by atoms with Gasteiger partial charge < -0.3 is 5.32 Å². The Hall–Kier alpha value is -4.18. The van der Waals surface area contributed by atoms with Crippen molar-refractivity contribution in [2.75, 3.05) is 5.32 Å². The fraction of sp³-hybridized carbons (Fsp3) is 0.0833. The van der Waals surface area contributed by atoms with Gasteiger partial charge in [0.2, 0.25) is 5.65 Å². The summed E-state index contributed by atoms with van der Waals surface area (Å²) in [4.78, 5) is 17.1. The van der Waals surface area contributed by atoms with Gasteiger partial charge in [0.05, 0.1) is 35.9 Å². The van der Waals surface area contributed by atoms with Gasteiger partial charge in [0, 0.05) is 16.8 Å². The first-order chi connectivity index (χ1) is 16.8. The number of alkyl halides is 3. The average molecular weight is 497 g/mol. The van der Waals surface area contributed by atoms with Gasteiger partial charge in [-0.2, -0.15) is 22.8 Å². The highest BCUT2D eigenvalue weighted by molar-refractivity contribution is 6.30. The molecule has 0 aliphatic carbocycles. The van der Waals surface area contributed by atoms with Gasteiger partial charge in [-0.15, -0.1) is 5.10 Å². The summed E-state index contributed by atoms with van der Waals surface area (Å²) in [5.74, 6) is 0. The van der Waals surface area contributed by atoms with E-state index in [9.17, 15) is 18.0 Å². The number of halogens is 4. The fourth-order valence-corrected chi connectivity index (χ4v) is 3.71. The van der Waals surface area contributed by atoms with E-state index in [1.165, 1.54) is 12.1 Å². The van der Waals surface area contributed by atoms with E-state index >= 15 is 0 Å². The highest BCUT2D eigenvalue weighted by Crippen LogP contribution is 2.33. The molecule has 0 aliphatic rings. The van der Waals surface area contributed by atoms with Gasteiger partial charge in [0.15, 0.2) is 0 Å². The molecule has 0 amide bonds. The molecular formula is C24H16ClF3N6O. The molecule has 0 bridgehead atoms. The molecule has 3 aromatic heterocycles. The molecule has 0 fully saturated rings. The largest absolute Gasteiger partial charge is 0.416 e. The molecule has 176 valence electrons. The lowest BCUT2D eigenvalue weighted by Gasteiger charge is -2.12. The smallest absolute Gasteiger partial charge is 0.351 e. The molecule has 0 atom stereocenters. The van der Waals surface area contributed by atoms with Crippen molar-refractivity contribution in [3.63, 3.8) is 0 Å². The fourth-order valence-electron chi connectivity index (χ4n) is 3.59. The molecule has 0 saturated heterocycles. The third-order valence-corrected chi connectivity index (χ3v) is 5.56. The molecule has 7 nitrogen and oxygen atoms in total. The maximum absolute atomic E-state index is 13.0. The van der Waals surface area contributed by atoms with Gasteiger partial charge in [-0.3, -0.25) is 4.98 Å². The van der Waals surface area contributed by atoms with E-state index in [1.54, 1.807) is 36.8 Å². The standard InChI is InChI=1S/C24H16ClF3N6O/c25-18-9-5-16(6-10-18)20-13-30-34-22(21(20)31-19-2-1-11-29-12-19)32-33(23(34)35)14-15-3-7-17(8-4-15)24(26,27)28/h1-13,31H,14H2. The van der Waals surface area contributed by atoms with E-state index in [2.05, 4.69) is 20.5 Å². The second kappa shape index (κ2) is 8.88. The zero-order valence-electron chi connectivity index (χ0n) is 17.9.